The standard InChI is InChI=1S/C12H16N2O5S/c1-6-4-9(20(13,18)19)5-10(7(6)2)14-11(15)8(3)12(16)17/h4-5,8H,1-3H3,(H,14,15)(H,16,17)(H2,13,18,19). The SMILES string of the molecule is Cc1cc(S(N)(=O)=O)cc(NC(=O)C(C)C(=O)O)c1C. The van der Waals surface area contributed by atoms with Gasteiger partial charge in [0, 0.05) is 5.69 Å². The van der Waals surface area contributed by atoms with Gasteiger partial charge in [-0.2, -0.15) is 0 Å². The summed E-state index contributed by atoms with van der Waals surface area (Å²) in [6.07, 6.45) is 0. The highest BCUT2D eigenvalue weighted by atomic mass is 32.2. The number of anilines is 1. The highest BCUT2D eigenvalue weighted by molar-refractivity contribution is 7.89. The third-order valence-corrected chi connectivity index (χ3v) is 3.88. The number of primary sulfonamides is 1. The molecule has 0 bridgehead atoms. The minimum absolute atomic E-state index is 0.140. The number of aliphatic carboxylic acids is 1. The maximum absolute atomic E-state index is 11.7. The van der Waals surface area contributed by atoms with Crippen LogP contribution in [0.4, 0.5) is 5.69 Å². The molecule has 20 heavy (non-hydrogen) atoms. The molecule has 1 unspecified atom stereocenters. The van der Waals surface area contributed by atoms with Gasteiger partial charge in [0.05, 0.1) is 4.90 Å². The molecule has 1 aromatic rings. The molecule has 8 heteroatoms. The average Bonchev–Trinajstić information content (AvgIpc) is 2.32. The van der Waals surface area contributed by atoms with E-state index in [1.165, 1.54) is 19.1 Å². The molecular formula is C12H16N2O5S. The fourth-order valence-electron chi connectivity index (χ4n) is 1.47. The Hall–Kier alpha value is -1.93. The lowest BCUT2D eigenvalue weighted by molar-refractivity contribution is -0.144. The predicted octanol–water partition coefficient (Wildman–Crippen LogP) is 0.610. The van der Waals surface area contributed by atoms with E-state index in [0.717, 1.165) is 0 Å². The Bertz CT molecular complexity index is 667. The topological polar surface area (TPSA) is 127 Å². The van der Waals surface area contributed by atoms with Crippen LogP contribution >= 0.6 is 0 Å². The van der Waals surface area contributed by atoms with Crippen LogP contribution in [0, 0.1) is 19.8 Å². The lowest BCUT2D eigenvalue weighted by Gasteiger charge is -2.14. The molecule has 1 rings (SSSR count). The second-order valence-electron chi connectivity index (χ2n) is 4.51. The highest BCUT2D eigenvalue weighted by Gasteiger charge is 2.22. The van der Waals surface area contributed by atoms with Crippen molar-refractivity contribution in [1.82, 2.24) is 0 Å². The Labute approximate surface area is 116 Å². The van der Waals surface area contributed by atoms with Crippen molar-refractivity contribution in [2.45, 2.75) is 25.7 Å². The van der Waals surface area contributed by atoms with Crippen LogP contribution in [0.2, 0.25) is 0 Å². The van der Waals surface area contributed by atoms with Crippen LogP contribution in [0.5, 0.6) is 0 Å². The van der Waals surface area contributed by atoms with Gasteiger partial charge in [0.25, 0.3) is 0 Å². The molecule has 0 aromatic heterocycles. The summed E-state index contributed by atoms with van der Waals surface area (Å²) in [5, 5.41) is 16.2. The normalized spacial score (nSPS) is 12.8. The number of hydrogen-bond acceptors (Lipinski definition) is 4. The third kappa shape index (κ3) is 3.55. The number of benzene rings is 1. The summed E-state index contributed by atoms with van der Waals surface area (Å²) < 4.78 is 22.7. The number of rotatable bonds is 4. The molecule has 0 saturated heterocycles. The Morgan fingerprint density at radius 2 is 1.85 bits per heavy atom. The second-order valence-corrected chi connectivity index (χ2v) is 6.07. The molecule has 110 valence electrons. The molecule has 0 aliphatic heterocycles. The van der Waals surface area contributed by atoms with Gasteiger partial charge in [0.2, 0.25) is 15.9 Å². The van der Waals surface area contributed by atoms with Crippen molar-refractivity contribution < 1.29 is 23.1 Å². The summed E-state index contributed by atoms with van der Waals surface area (Å²) in [5.41, 5.74) is 1.49. The maximum Gasteiger partial charge on any atom is 0.315 e. The van der Waals surface area contributed by atoms with Crippen molar-refractivity contribution in [1.29, 1.82) is 0 Å². The van der Waals surface area contributed by atoms with E-state index in [1.807, 2.05) is 0 Å². The average molecular weight is 300 g/mol. The molecule has 7 nitrogen and oxygen atoms in total. The van der Waals surface area contributed by atoms with E-state index in [0.29, 0.717) is 11.1 Å². The summed E-state index contributed by atoms with van der Waals surface area (Å²) in [4.78, 5) is 22.3. The highest BCUT2D eigenvalue weighted by Crippen LogP contribution is 2.24. The van der Waals surface area contributed by atoms with E-state index >= 15 is 0 Å². The Kier molecular flexibility index (Phi) is 4.51. The number of sulfonamides is 1. The summed E-state index contributed by atoms with van der Waals surface area (Å²) in [5.74, 6) is -3.24. The first-order valence-corrected chi connectivity index (χ1v) is 7.26. The molecule has 1 atom stereocenters. The van der Waals surface area contributed by atoms with Crippen LogP contribution in [0.25, 0.3) is 0 Å². The van der Waals surface area contributed by atoms with Crippen LogP contribution in [0.15, 0.2) is 17.0 Å². The molecule has 0 radical (unpaired) electrons. The van der Waals surface area contributed by atoms with Gasteiger partial charge in [0.1, 0.15) is 5.92 Å². The van der Waals surface area contributed by atoms with E-state index in [-0.39, 0.29) is 10.6 Å². The van der Waals surface area contributed by atoms with E-state index in [1.54, 1.807) is 13.8 Å². The van der Waals surface area contributed by atoms with Gasteiger partial charge in [-0.15, -0.1) is 0 Å². The van der Waals surface area contributed by atoms with Gasteiger partial charge in [-0.05, 0) is 44.0 Å². The number of carboxylic acid groups (broad SMARTS) is 1. The first-order chi connectivity index (χ1) is 9.04. The molecule has 0 spiro atoms. The van der Waals surface area contributed by atoms with Crippen LogP contribution < -0.4 is 10.5 Å². The van der Waals surface area contributed by atoms with Crippen molar-refractivity contribution in [3.05, 3.63) is 23.3 Å². The number of amides is 1. The third-order valence-electron chi connectivity index (χ3n) is 2.99. The second kappa shape index (κ2) is 5.59. The smallest absolute Gasteiger partial charge is 0.315 e. The molecule has 0 saturated carbocycles. The lowest BCUT2D eigenvalue weighted by Crippen LogP contribution is -2.27. The zero-order valence-corrected chi connectivity index (χ0v) is 12.1. The number of carboxylic acids is 1. The molecule has 0 aliphatic carbocycles. The van der Waals surface area contributed by atoms with Crippen molar-refractivity contribution >= 4 is 27.6 Å². The van der Waals surface area contributed by atoms with Gasteiger partial charge in [0.15, 0.2) is 0 Å². The van der Waals surface area contributed by atoms with Crippen molar-refractivity contribution in [3.63, 3.8) is 0 Å². The summed E-state index contributed by atoms with van der Waals surface area (Å²) >= 11 is 0. The molecule has 4 N–H and O–H groups in total. The fourth-order valence-corrected chi connectivity index (χ4v) is 2.10. The van der Waals surface area contributed by atoms with Crippen LogP contribution in [-0.2, 0) is 19.6 Å². The Balaban J connectivity index is 3.22. The summed E-state index contributed by atoms with van der Waals surface area (Å²) in [6, 6.07) is 2.60. The lowest BCUT2D eigenvalue weighted by atomic mass is 10.1. The first-order valence-electron chi connectivity index (χ1n) is 5.71. The molecule has 1 aromatic carbocycles. The number of aryl methyl sites for hydroxylation is 1. The minimum Gasteiger partial charge on any atom is -0.481 e. The fraction of sp³-hybridized carbons (Fsp3) is 0.333. The maximum atomic E-state index is 11.7. The van der Waals surface area contributed by atoms with E-state index in [4.69, 9.17) is 10.2 Å². The Morgan fingerprint density at radius 1 is 1.30 bits per heavy atom. The molecule has 0 fully saturated rings. The van der Waals surface area contributed by atoms with Crippen molar-refractivity contribution in [3.8, 4) is 0 Å². The van der Waals surface area contributed by atoms with Gasteiger partial charge in [-0.3, -0.25) is 9.59 Å². The van der Waals surface area contributed by atoms with Crippen LogP contribution in [0.1, 0.15) is 18.1 Å². The number of carbonyl (C=O) groups is 2. The van der Waals surface area contributed by atoms with Crippen LogP contribution in [0.3, 0.4) is 0 Å². The van der Waals surface area contributed by atoms with E-state index < -0.39 is 27.8 Å². The predicted molar refractivity (Wildman–Crippen MR) is 72.7 cm³/mol. The minimum atomic E-state index is -3.90. The Morgan fingerprint density at radius 3 is 2.30 bits per heavy atom. The van der Waals surface area contributed by atoms with E-state index in [2.05, 4.69) is 5.32 Å². The largest absolute Gasteiger partial charge is 0.481 e. The first kappa shape index (κ1) is 16.1. The van der Waals surface area contributed by atoms with Gasteiger partial charge in [-0.25, -0.2) is 13.6 Å². The summed E-state index contributed by atoms with van der Waals surface area (Å²) in [6.45, 7) is 4.59. The number of nitrogens with one attached hydrogen (secondary N) is 1. The van der Waals surface area contributed by atoms with Crippen molar-refractivity contribution in [2.24, 2.45) is 11.1 Å². The number of nitrogens with two attached hydrogens (primary N) is 1. The van der Waals surface area contributed by atoms with E-state index in [9.17, 15) is 18.0 Å². The number of hydrogen-bond donors (Lipinski definition) is 3. The zero-order valence-electron chi connectivity index (χ0n) is 11.3. The molecule has 0 heterocycles. The monoisotopic (exact) mass is 300 g/mol. The number of carbonyl (C=O) groups excluding carboxylic acids is 1. The molecule has 0 aliphatic rings. The van der Waals surface area contributed by atoms with Gasteiger partial charge < -0.3 is 10.4 Å². The molecule has 1 amide bonds. The van der Waals surface area contributed by atoms with Gasteiger partial charge in [-0.1, -0.05) is 0 Å². The zero-order chi connectivity index (χ0) is 15.7. The van der Waals surface area contributed by atoms with Crippen molar-refractivity contribution in [2.75, 3.05) is 5.32 Å². The molecular weight excluding hydrogens is 284 g/mol. The summed E-state index contributed by atoms with van der Waals surface area (Å²) in [7, 11) is -3.90. The quantitative estimate of drug-likeness (QED) is 0.702. The van der Waals surface area contributed by atoms with Gasteiger partial charge >= 0.3 is 5.97 Å². The van der Waals surface area contributed by atoms with Crippen LogP contribution in [-0.4, -0.2) is 25.4 Å².